The van der Waals surface area contributed by atoms with Crippen LogP contribution in [0.3, 0.4) is 0 Å². The highest BCUT2D eigenvalue weighted by Crippen LogP contribution is 2.29. The number of amides is 1. The first-order valence-electron chi connectivity index (χ1n) is 9.10. The molecular weight excluding hydrogens is 396 g/mol. The van der Waals surface area contributed by atoms with Gasteiger partial charge in [0, 0.05) is 12.1 Å². The fraction of sp³-hybridized carbons (Fsp3) is 0.350. The van der Waals surface area contributed by atoms with E-state index in [4.69, 9.17) is 14.2 Å². The summed E-state index contributed by atoms with van der Waals surface area (Å²) in [5, 5.41) is 2.72. The topological polar surface area (TPSA) is 103 Å². The Labute approximate surface area is 170 Å². The molecule has 2 aromatic rings. The van der Waals surface area contributed by atoms with E-state index in [1.165, 1.54) is 19.2 Å². The Bertz CT molecular complexity index is 1000. The number of anilines is 1. The molecule has 1 aliphatic rings. The number of hydrogen-bond donors (Lipinski definition) is 2. The lowest BCUT2D eigenvalue weighted by atomic mass is 10.2. The molecule has 29 heavy (non-hydrogen) atoms. The number of methoxy groups -OCH3 is 2. The molecule has 0 heterocycles. The predicted octanol–water partition coefficient (Wildman–Crippen LogP) is 2.47. The molecule has 156 valence electrons. The smallest absolute Gasteiger partial charge is 0.262 e. The van der Waals surface area contributed by atoms with E-state index < -0.39 is 10.0 Å². The summed E-state index contributed by atoms with van der Waals surface area (Å²) in [5.41, 5.74) is 1.12. The fourth-order valence-corrected chi connectivity index (χ4v) is 4.06. The fourth-order valence-electron chi connectivity index (χ4n) is 2.67. The summed E-state index contributed by atoms with van der Waals surface area (Å²) >= 11 is 0. The first-order valence-corrected chi connectivity index (χ1v) is 10.6. The Morgan fingerprint density at radius 3 is 2.45 bits per heavy atom. The molecule has 0 atom stereocenters. The van der Waals surface area contributed by atoms with Crippen LogP contribution in [0.2, 0.25) is 0 Å². The van der Waals surface area contributed by atoms with Crippen LogP contribution in [-0.2, 0) is 14.8 Å². The van der Waals surface area contributed by atoms with Gasteiger partial charge in [-0.25, -0.2) is 13.1 Å². The molecule has 1 fully saturated rings. The zero-order chi connectivity index (χ0) is 21.0. The molecule has 0 unspecified atom stereocenters. The van der Waals surface area contributed by atoms with Crippen LogP contribution in [0.25, 0.3) is 0 Å². The summed E-state index contributed by atoms with van der Waals surface area (Å²) < 4.78 is 43.1. The molecule has 0 bridgehead atoms. The SMILES string of the molecule is COc1ccc(NC(=O)COc2ccc(S(=O)(=O)NC3CC3)cc2C)c(OC)c1. The lowest BCUT2D eigenvalue weighted by Gasteiger charge is -2.13. The van der Waals surface area contributed by atoms with Crippen molar-refractivity contribution in [2.75, 3.05) is 26.1 Å². The van der Waals surface area contributed by atoms with E-state index in [1.54, 1.807) is 38.3 Å². The highest BCUT2D eigenvalue weighted by molar-refractivity contribution is 7.89. The van der Waals surface area contributed by atoms with E-state index in [9.17, 15) is 13.2 Å². The Kier molecular flexibility index (Phi) is 6.29. The number of carbonyl (C=O) groups is 1. The van der Waals surface area contributed by atoms with Crippen molar-refractivity contribution in [3.8, 4) is 17.2 Å². The van der Waals surface area contributed by atoms with E-state index in [-0.39, 0.29) is 23.5 Å². The van der Waals surface area contributed by atoms with E-state index >= 15 is 0 Å². The van der Waals surface area contributed by atoms with Gasteiger partial charge in [-0.1, -0.05) is 0 Å². The van der Waals surface area contributed by atoms with E-state index in [0.717, 1.165) is 12.8 Å². The summed E-state index contributed by atoms with van der Waals surface area (Å²) in [4.78, 5) is 12.4. The highest BCUT2D eigenvalue weighted by Gasteiger charge is 2.28. The summed E-state index contributed by atoms with van der Waals surface area (Å²) in [6, 6.07) is 9.63. The van der Waals surface area contributed by atoms with Gasteiger partial charge in [0.1, 0.15) is 17.2 Å². The number of rotatable bonds is 9. The van der Waals surface area contributed by atoms with Crippen LogP contribution in [0.4, 0.5) is 5.69 Å². The van der Waals surface area contributed by atoms with E-state index in [2.05, 4.69) is 10.0 Å². The van der Waals surface area contributed by atoms with Gasteiger partial charge in [-0.2, -0.15) is 0 Å². The molecule has 3 rings (SSSR count). The molecule has 0 aliphatic heterocycles. The standard InChI is InChI=1S/C20H24N2O6S/c1-13-10-16(29(24,25)22-14-4-5-14)7-9-18(13)28-12-20(23)21-17-8-6-15(26-2)11-19(17)27-3/h6-11,14,22H,4-5,12H2,1-3H3,(H,21,23). The van der Waals surface area contributed by atoms with Gasteiger partial charge in [0.05, 0.1) is 24.8 Å². The third-order valence-corrected chi connectivity index (χ3v) is 5.92. The van der Waals surface area contributed by atoms with E-state index in [0.29, 0.717) is 28.5 Å². The van der Waals surface area contributed by atoms with Gasteiger partial charge < -0.3 is 19.5 Å². The number of aryl methyl sites for hydroxylation is 1. The molecule has 9 heteroatoms. The summed E-state index contributed by atoms with van der Waals surface area (Å²) in [6.07, 6.45) is 1.74. The average Bonchev–Trinajstić information content (AvgIpc) is 3.50. The van der Waals surface area contributed by atoms with Gasteiger partial charge in [0.2, 0.25) is 10.0 Å². The minimum Gasteiger partial charge on any atom is -0.497 e. The second kappa shape index (κ2) is 8.71. The maximum absolute atomic E-state index is 12.3. The van der Waals surface area contributed by atoms with Crippen LogP contribution in [0.5, 0.6) is 17.2 Å². The molecule has 0 spiro atoms. The van der Waals surface area contributed by atoms with Crippen molar-refractivity contribution >= 4 is 21.6 Å². The molecule has 1 aliphatic carbocycles. The second-order valence-electron chi connectivity index (χ2n) is 6.73. The average molecular weight is 420 g/mol. The van der Waals surface area contributed by atoms with Crippen LogP contribution >= 0.6 is 0 Å². The van der Waals surface area contributed by atoms with Gasteiger partial charge in [-0.3, -0.25) is 4.79 Å². The quantitative estimate of drug-likeness (QED) is 0.646. The van der Waals surface area contributed by atoms with Gasteiger partial charge in [0.25, 0.3) is 5.91 Å². The summed E-state index contributed by atoms with van der Waals surface area (Å²) in [6.45, 7) is 1.50. The number of ether oxygens (including phenoxy) is 3. The Morgan fingerprint density at radius 2 is 1.83 bits per heavy atom. The minimum atomic E-state index is -3.53. The summed E-state index contributed by atoms with van der Waals surface area (Å²) in [5.74, 6) is 1.14. The third-order valence-electron chi connectivity index (χ3n) is 4.40. The van der Waals surface area contributed by atoms with Gasteiger partial charge >= 0.3 is 0 Å². The number of nitrogens with one attached hydrogen (secondary N) is 2. The molecule has 8 nitrogen and oxygen atoms in total. The maximum atomic E-state index is 12.3. The lowest BCUT2D eigenvalue weighted by molar-refractivity contribution is -0.118. The van der Waals surface area contributed by atoms with Gasteiger partial charge in [-0.15, -0.1) is 0 Å². The zero-order valence-electron chi connectivity index (χ0n) is 16.5. The second-order valence-corrected chi connectivity index (χ2v) is 8.44. The van der Waals surface area contributed by atoms with Crippen molar-refractivity contribution in [3.05, 3.63) is 42.0 Å². The number of hydrogen-bond acceptors (Lipinski definition) is 6. The van der Waals surface area contributed by atoms with Crippen LogP contribution in [-0.4, -0.2) is 41.2 Å². The molecule has 1 amide bonds. The van der Waals surface area contributed by atoms with Crippen LogP contribution < -0.4 is 24.2 Å². The highest BCUT2D eigenvalue weighted by atomic mass is 32.2. The predicted molar refractivity (Wildman–Crippen MR) is 108 cm³/mol. The van der Waals surface area contributed by atoms with Crippen molar-refractivity contribution in [1.29, 1.82) is 0 Å². The lowest BCUT2D eigenvalue weighted by Crippen LogP contribution is -2.25. The molecule has 1 saturated carbocycles. The van der Waals surface area contributed by atoms with E-state index in [1.807, 2.05) is 0 Å². The first-order chi connectivity index (χ1) is 13.8. The Morgan fingerprint density at radius 1 is 1.07 bits per heavy atom. The van der Waals surface area contributed by atoms with Crippen LogP contribution in [0.15, 0.2) is 41.3 Å². The largest absolute Gasteiger partial charge is 0.497 e. The van der Waals surface area contributed by atoms with Crippen LogP contribution in [0.1, 0.15) is 18.4 Å². The van der Waals surface area contributed by atoms with Gasteiger partial charge in [0.15, 0.2) is 6.61 Å². The number of benzene rings is 2. The number of carbonyl (C=O) groups excluding carboxylic acids is 1. The summed E-state index contributed by atoms with van der Waals surface area (Å²) in [7, 11) is -0.489. The van der Waals surface area contributed by atoms with Crippen molar-refractivity contribution in [1.82, 2.24) is 4.72 Å². The maximum Gasteiger partial charge on any atom is 0.262 e. The minimum absolute atomic E-state index is 0.0369. The number of sulfonamides is 1. The molecule has 0 saturated heterocycles. The van der Waals surface area contributed by atoms with Crippen molar-refractivity contribution in [2.24, 2.45) is 0 Å². The third kappa shape index (κ3) is 5.39. The molecule has 2 aromatic carbocycles. The first kappa shape index (κ1) is 20.9. The molecule has 0 radical (unpaired) electrons. The van der Waals surface area contributed by atoms with Crippen molar-refractivity contribution < 1.29 is 27.4 Å². The molecular formula is C20H24N2O6S. The Hall–Kier alpha value is -2.78. The zero-order valence-corrected chi connectivity index (χ0v) is 17.3. The normalized spacial score (nSPS) is 13.6. The monoisotopic (exact) mass is 420 g/mol. The van der Waals surface area contributed by atoms with Gasteiger partial charge in [-0.05, 0) is 55.7 Å². The molecule has 2 N–H and O–H groups in total. The van der Waals surface area contributed by atoms with Crippen LogP contribution in [0, 0.1) is 6.92 Å². The van der Waals surface area contributed by atoms with Crippen molar-refractivity contribution in [2.45, 2.75) is 30.7 Å². The van der Waals surface area contributed by atoms with Crippen molar-refractivity contribution in [3.63, 3.8) is 0 Å². The molecule has 0 aromatic heterocycles. The Balaban J connectivity index is 1.61.